The van der Waals surface area contributed by atoms with Crippen LogP contribution in [0.15, 0.2) is 92.6 Å². The first kappa shape index (κ1) is 19.1. The summed E-state index contributed by atoms with van der Waals surface area (Å²) in [6.07, 6.45) is 3.18. The predicted molar refractivity (Wildman–Crippen MR) is 113 cm³/mol. The number of carboxylic acid groups (broad SMARTS) is 1. The maximum absolute atomic E-state index is 11.0. The number of phenols is 1. The SMILES string of the molecule is O=C(O)c1ccc(N=Nc2cc3ccccc3c(C=NCc3ccco3)c2O)cc1. The monoisotopic (exact) mass is 399 g/mol. The Morgan fingerprint density at radius 3 is 2.53 bits per heavy atom. The van der Waals surface area contributed by atoms with Crippen LogP contribution in [0.2, 0.25) is 0 Å². The van der Waals surface area contributed by atoms with Crippen LogP contribution in [0.1, 0.15) is 21.7 Å². The molecule has 7 nitrogen and oxygen atoms in total. The molecule has 2 N–H and O–H groups in total. The molecular weight excluding hydrogens is 382 g/mol. The van der Waals surface area contributed by atoms with Gasteiger partial charge in [-0.25, -0.2) is 4.79 Å². The lowest BCUT2D eigenvalue weighted by Gasteiger charge is -2.08. The molecule has 148 valence electrons. The normalized spacial score (nSPS) is 11.6. The first-order valence-corrected chi connectivity index (χ1v) is 9.14. The van der Waals surface area contributed by atoms with E-state index < -0.39 is 5.97 Å². The molecule has 0 fully saturated rings. The quantitative estimate of drug-likeness (QED) is 0.312. The van der Waals surface area contributed by atoms with E-state index in [4.69, 9.17) is 9.52 Å². The summed E-state index contributed by atoms with van der Waals surface area (Å²) < 4.78 is 5.28. The van der Waals surface area contributed by atoms with Gasteiger partial charge in [-0.3, -0.25) is 4.99 Å². The number of phenolic OH excluding ortho intramolecular Hbond substituents is 1. The van der Waals surface area contributed by atoms with Gasteiger partial charge in [-0.2, -0.15) is 5.11 Å². The van der Waals surface area contributed by atoms with Gasteiger partial charge in [-0.1, -0.05) is 24.3 Å². The smallest absolute Gasteiger partial charge is 0.335 e. The second kappa shape index (κ2) is 8.40. The molecule has 4 rings (SSSR count). The maximum Gasteiger partial charge on any atom is 0.335 e. The number of aromatic carboxylic acids is 1. The third-order valence-electron chi connectivity index (χ3n) is 4.48. The summed E-state index contributed by atoms with van der Waals surface area (Å²) in [6, 6.07) is 19.0. The zero-order valence-corrected chi connectivity index (χ0v) is 15.8. The average molecular weight is 399 g/mol. The van der Waals surface area contributed by atoms with Crippen molar-refractivity contribution >= 4 is 34.3 Å². The van der Waals surface area contributed by atoms with E-state index in [0.29, 0.717) is 17.8 Å². The number of furan rings is 1. The number of aromatic hydroxyl groups is 1. The van der Waals surface area contributed by atoms with E-state index in [1.165, 1.54) is 12.1 Å². The molecule has 30 heavy (non-hydrogen) atoms. The van der Waals surface area contributed by atoms with Crippen LogP contribution < -0.4 is 0 Å². The fourth-order valence-electron chi connectivity index (χ4n) is 2.97. The second-order valence-corrected chi connectivity index (χ2v) is 6.48. The number of hydrogen-bond donors (Lipinski definition) is 2. The Morgan fingerprint density at radius 1 is 1.00 bits per heavy atom. The molecular formula is C23H17N3O4. The van der Waals surface area contributed by atoms with Gasteiger partial charge in [0.25, 0.3) is 0 Å². The predicted octanol–water partition coefficient (Wildman–Crippen LogP) is 5.87. The highest BCUT2D eigenvalue weighted by Gasteiger charge is 2.11. The van der Waals surface area contributed by atoms with E-state index in [1.807, 2.05) is 30.3 Å². The van der Waals surface area contributed by atoms with Crippen LogP contribution in [0.3, 0.4) is 0 Å². The molecule has 0 bridgehead atoms. The minimum absolute atomic E-state index is 0.0391. The molecule has 0 saturated carbocycles. The van der Waals surface area contributed by atoms with Crippen LogP contribution in [0.5, 0.6) is 5.75 Å². The lowest BCUT2D eigenvalue weighted by Crippen LogP contribution is -1.93. The fraction of sp³-hybridized carbons (Fsp3) is 0.0435. The molecule has 1 aromatic heterocycles. The van der Waals surface area contributed by atoms with Crippen LogP contribution >= 0.6 is 0 Å². The Kier molecular flexibility index (Phi) is 5.34. The Morgan fingerprint density at radius 2 is 1.80 bits per heavy atom. The van der Waals surface area contributed by atoms with Gasteiger partial charge >= 0.3 is 5.97 Å². The minimum atomic E-state index is -1.01. The molecule has 0 aliphatic carbocycles. The van der Waals surface area contributed by atoms with Crippen molar-refractivity contribution in [2.45, 2.75) is 6.54 Å². The largest absolute Gasteiger partial charge is 0.505 e. The zero-order valence-electron chi connectivity index (χ0n) is 15.8. The van der Waals surface area contributed by atoms with Crippen molar-refractivity contribution in [2.24, 2.45) is 15.2 Å². The first-order valence-electron chi connectivity index (χ1n) is 9.14. The van der Waals surface area contributed by atoms with Gasteiger partial charge < -0.3 is 14.6 Å². The van der Waals surface area contributed by atoms with Crippen molar-refractivity contribution < 1.29 is 19.4 Å². The van der Waals surface area contributed by atoms with E-state index in [1.54, 1.807) is 36.7 Å². The van der Waals surface area contributed by atoms with E-state index >= 15 is 0 Å². The van der Waals surface area contributed by atoms with Crippen LogP contribution in [0, 0.1) is 0 Å². The van der Waals surface area contributed by atoms with Crippen LogP contribution in [0.4, 0.5) is 11.4 Å². The molecule has 0 radical (unpaired) electrons. The molecule has 0 aliphatic rings. The van der Waals surface area contributed by atoms with E-state index in [-0.39, 0.29) is 17.0 Å². The standard InChI is InChI=1S/C23H17N3O4/c27-22-20(14-24-13-18-5-3-11-30-18)19-6-2-1-4-16(19)12-21(22)26-25-17-9-7-15(8-10-17)23(28)29/h1-12,14,27H,13H2,(H,28,29). The molecule has 0 spiro atoms. The highest BCUT2D eigenvalue weighted by molar-refractivity contribution is 6.05. The number of carboxylic acids is 1. The highest BCUT2D eigenvalue weighted by atomic mass is 16.4. The summed E-state index contributed by atoms with van der Waals surface area (Å²) in [6.45, 7) is 0.350. The molecule has 4 aromatic rings. The number of rotatable bonds is 6. The van der Waals surface area contributed by atoms with Gasteiger partial charge in [0.05, 0.1) is 24.1 Å². The Bertz CT molecular complexity index is 1240. The zero-order chi connectivity index (χ0) is 20.9. The molecule has 7 heteroatoms. The van der Waals surface area contributed by atoms with E-state index in [0.717, 1.165) is 16.5 Å². The summed E-state index contributed by atoms with van der Waals surface area (Å²) in [7, 11) is 0. The van der Waals surface area contributed by atoms with Gasteiger partial charge in [0.2, 0.25) is 0 Å². The number of azo groups is 1. The average Bonchev–Trinajstić information content (AvgIpc) is 3.28. The third kappa shape index (κ3) is 4.10. The van der Waals surface area contributed by atoms with Crippen LogP contribution in [-0.2, 0) is 6.54 Å². The summed E-state index contributed by atoms with van der Waals surface area (Å²) in [5.41, 5.74) is 1.46. The van der Waals surface area contributed by atoms with Crippen LogP contribution in [-0.4, -0.2) is 22.4 Å². The highest BCUT2D eigenvalue weighted by Crippen LogP contribution is 2.37. The summed E-state index contributed by atoms with van der Waals surface area (Å²) in [4.78, 5) is 15.3. The fourth-order valence-corrected chi connectivity index (χ4v) is 2.97. The van der Waals surface area contributed by atoms with Crippen molar-refractivity contribution in [1.82, 2.24) is 0 Å². The number of hydrogen-bond acceptors (Lipinski definition) is 6. The van der Waals surface area contributed by atoms with Crippen molar-refractivity contribution in [3.05, 3.63) is 89.9 Å². The number of nitrogens with zero attached hydrogens (tertiary/aromatic N) is 3. The van der Waals surface area contributed by atoms with Gasteiger partial charge in [0.15, 0.2) is 5.75 Å². The molecule has 0 aliphatic heterocycles. The Hall–Kier alpha value is -4.26. The number of fused-ring (bicyclic) bond motifs is 1. The molecule has 1 heterocycles. The topological polar surface area (TPSA) is 108 Å². The summed E-state index contributed by atoms with van der Waals surface area (Å²) >= 11 is 0. The van der Waals surface area contributed by atoms with Gasteiger partial charge in [0.1, 0.15) is 11.4 Å². The minimum Gasteiger partial charge on any atom is -0.505 e. The van der Waals surface area contributed by atoms with Crippen molar-refractivity contribution in [2.75, 3.05) is 0 Å². The van der Waals surface area contributed by atoms with Crippen molar-refractivity contribution in [3.8, 4) is 5.75 Å². The van der Waals surface area contributed by atoms with Gasteiger partial charge in [-0.05, 0) is 53.2 Å². The Balaban J connectivity index is 1.68. The number of carbonyl (C=O) groups is 1. The first-order chi connectivity index (χ1) is 14.6. The molecule has 3 aromatic carbocycles. The lowest BCUT2D eigenvalue weighted by atomic mass is 10.0. The second-order valence-electron chi connectivity index (χ2n) is 6.48. The van der Waals surface area contributed by atoms with Crippen molar-refractivity contribution in [3.63, 3.8) is 0 Å². The Labute approximate surface area is 171 Å². The van der Waals surface area contributed by atoms with Gasteiger partial charge in [-0.15, -0.1) is 5.11 Å². The van der Waals surface area contributed by atoms with E-state index in [2.05, 4.69) is 15.2 Å². The summed E-state index contributed by atoms with van der Waals surface area (Å²) in [5, 5.41) is 29.8. The lowest BCUT2D eigenvalue weighted by molar-refractivity contribution is 0.0697. The van der Waals surface area contributed by atoms with Crippen LogP contribution in [0.25, 0.3) is 10.8 Å². The maximum atomic E-state index is 11.0. The third-order valence-corrected chi connectivity index (χ3v) is 4.48. The van der Waals surface area contributed by atoms with Gasteiger partial charge in [0, 0.05) is 11.8 Å². The molecule has 0 saturated heterocycles. The number of aliphatic imine (C=N–C) groups is 1. The van der Waals surface area contributed by atoms with Crippen molar-refractivity contribution in [1.29, 1.82) is 0 Å². The summed E-state index contributed by atoms with van der Waals surface area (Å²) in [5.74, 6) is -0.331. The molecule has 0 amide bonds. The molecule has 0 unspecified atom stereocenters. The molecule has 0 atom stereocenters. The van der Waals surface area contributed by atoms with E-state index in [9.17, 15) is 9.90 Å². The number of benzene rings is 3.